The molecule has 80 valence electrons. The van der Waals surface area contributed by atoms with E-state index in [9.17, 15) is 0 Å². The van der Waals surface area contributed by atoms with E-state index in [0.717, 1.165) is 11.5 Å². The quantitative estimate of drug-likeness (QED) is 0.844. The van der Waals surface area contributed by atoms with Crippen molar-refractivity contribution in [2.45, 2.75) is 13.5 Å². The Hall–Kier alpha value is -2.35. The lowest BCUT2D eigenvalue weighted by Crippen LogP contribution is -2.01. The number of aryl methyl sites for hydroxylation is 1. The molecule has 0 fully saturated rings. The zero-order valence-electron chi connectivity index (χ0n) is 8.77. The number of nitrogens with one attached hydrogen (secondary N) is 1. The van der Waals surface area contributed by atoms with Crippen molar-refractivity contribution in [2.24, 2.45) is 0 Å². The van der Waals surface area contributed by atoms with Gasteiger partial charge in [0.15, 0.2) is 11.5 Å². The van der Waals surface area contributed by atoms with Crippen LogP contribution >= 0.6 is 0 Å². The third kappa shape index (κ3) is 2.17. The minimum Gasteiger partial charge on any atom is -0.375 e. The molecule has 0 radical (unpaired) electrons. The summed E-state index contributed by atoms with van der Waals surface area (Å²) in [7, 11) is 0. The van der Waals surface area contributed by atoms with Crippen molar-refractivity contribution in [1.29, 1.82) is 5.26 Å². The van der Waals surface area contributed by atoms with Crippen LogP contribution in [0.2, 0.25) is 0 Å². The van der Waals surface area contributed by atoms with E-state index in [1.54, 1.807) is 18.3 Å². The van der Waals surface area contributed by atoms with E-state index in [0.29, 0.717) is 17.9 Å². The Labute approximate surface area is 92.7 Å². The summed E-state index contributed by atoms with van der Waals surface area (Å²) >= 11 is 0. The fourth-order valence-corrected chi connectivity index (χ4v) is 1.32. The molecule has 0 bridgehead atoms. The number of anilines is 1. The van der Waals surface area contributed by atoms with E-state index in [1.165, 1.54) is 0 Å². The molecule has 0 aromatic carbocycles. The van der Waals surface area contributed by atoms with Crippen LogP contribution in [-0.4, -0.2) is 10.1 Å². The number of nitrogens with zero attached hydrogens (tertiary/aromatic N) is 3. The molecule has 5 heteroatoms. The Kier molecular flexibility index (Phi) is 2.83. The smallest absolute Gasteiger partial charge is 0.163 e. The molecule has 1 N–H and O–H groups in total. The molecule has 5 nitrogen and oxygen atoms in total. The summed E-state index contributed by atoms with van der Waals surface area (Å²) in [5.41, 5.74) is 1.90. The maximum Gasteiger partial charge on any atom is 0.163 e. The molecule has 0 saturated heterocycles. The Morgan fingerprint density at radius 2 is 2.44 bits per heavy atom. The van der Waals surface area contributed by atoms with E-state index in [1.807, 2.05) is 19.1 Å². The number of hydrogen-bond acceptors (Lipinski definition) is 5. The molecular formula is C11H10N4O. The molecule has 0 aliphatic heterocycles. The second-order valence-electron chi connectivity index (χ2n) is 3.30. The van der Waals surface area contributed by atoms with Crippen LogP contribution in [0.15, 0.2) is 28.9 Å². The van der Waals surface area contributed by atoms with Crippen LogP contribution in [0, 0.1) is 18.3 Å². The van der Waals surface area contributed by atoms with Crippen LogP contribution in [0.25, 0.3) is 0 Å². The van der Waals surface area contributed by atoms with Crippen LogP contribution in [0.3, 0.4) is 0 Å². The van der Waals surface area contributed by atoms with Gasteiger partial charge in [0.05, 0.1) is 17.9 Å². The van der Waals surface area contributed by atoms with Gasteiger partial charge in [0.25, 0.3) is 0 Å². The lowest BCUT2D eigenvalue weighted by molar-refractivity contribution is 0.384. The van der Waals surface area contributed by atoms with Crippen molar-refractivity contribution in [3.8, 4) is 6.07 Å². The molecule has 0 aliphatic carbocycles. The van der Waals surface area contributed by atoms with Crippen LogP contribution in [-0.2, 0) is 6.54 Å². The third-order valence-corrected chi connectivity index (χ3v) is 2.04. The molecule has 0 atom stereocenters. The van der Waals surface area contributed by atoms with Gasteiger partial charge >= 0.3 is 0 Å². The van der Waals surface area contributed by atoms with Crippen molar-refractivity contribution in [3.63, 3.8) is 0 Å². The van der Waals surface area contributed by atoms with Crippen LogP contribution in [0.1, 0.15) is 17.1 Å². The van der Waals surface area contributed by atoms with Gasteiger partial charge in [-0.1, -0.05) is 5.16 Å². The van der Waals surface area contributed by atoms with E-state index >= 15 is 0 Å². The molecule has 2 rings (SSSR count). The van der Waals surface area contributed by atoms with Crippen LogP contribution < -0.4 is 5.32 Å². The molecule has 0 saturated carbocycles. The summed E-state index contributed by atoms with van der Waals surface area (Å²) in [5, 5.41) is 15.7. The van der Waals surface area contributed by atoms with Gasteiger partial charge in [-0.05, 0) is 19.1 Å². The highest BCUT2D eigenvalue weighted by Gasteiger charge is 2.04. The van der Waals surface area contributed by atoms with E-state index < -0.39 is 0 Å². The van der Waals surface area contributed by atoms with Gasteiger partial charge in [0.1, 0.15) is 6.07 Å². The number of hydrogen-bond donors (Lipinski definition) is 1. The summed E-state index contributed by atoms with van der Waals surface area (Å²) in [6.45, 7) is 2.35. The highest BCUT2D eigenvalue weighted by atomic mass is 16.5. The summed E-state index contributed by atoms with van der Waals surface area (Å²) in [6, 6.07) is 7.43. The van der Waals surface area contributed by atoms with Gasteiger partial charge in [-0.25, -0.2) is 4.98 Å². The lowest BCUT2D eigenvalue weighted by atomic mass is 10.3. The SMILES string of the molecule is Cc1cc(CNc2cccnc2C#N)on1. The first-order valence-corrected chi connectivity index (χ1v) is 4.81. The van der Waals surface area contributed by atoms with E-state index in [2.05, 4.69) is 15.5 Å². The summed E-state index contributed by atoms with van der Waals surface area (Å²) < 4.78 is 5.04. The monoisotopic (exact) mass is 214 g/mol. The predicted octanol–water partition coefficient (Wildman–Crippen LogP) is 1.86. The Morgan fingerprint density at radius 3 is 3.12 bits per heavy atom. The maximum atomic E-state index is 8.83. The van der Waals surface area contributed by atoms with Crippen LogP contribution in [0.5, 0.6) is 0 Å². The molecule has 0 spiro atoms. The van der Waals surface area contributed by atoms with Crippen molar-refractivity contribution >= 4 is 5.69 Å². The molecule has 2 aromatic rings. The fourth-order valence-electron chi connectivity index (χ4n) is 1.32. The zero-order valence-corrected chi connectivity index (χ0v) is 8.77. The van der Waals surface area contributed by atoms with Gasteiger partial charge in [-0.2, -0.15) is 5.26 Å². The van der Waals surface area contributed by atoms with Crippen molar-refractivity contribution in [1.82, 2.24) is 10.1 Å². The van der Waals surface area contributed by atoms with Gasteiger partial charge in [-0.15, -0.1) is 0 Å². The number of nitriles is 1. The number of aromatic nitrogens is 2. The molecule has 2 heterocycles. The molecular weight excluding hydrogens is 204 g/mol. The minimum atomic E-state index is 0.374. The van der Waals surface area contributed by atoms with Crippen LogP contribution in [0.4, 0.5) is 5.69 Å². The third-order valence-electron chi connectivity index (χ3n) is 2.04. The standard InChI is InChI=1S/C11H10N4O/c1-8-5-9(16-15-8)7-14-10-3-2-4-13-11(10)6-12/h2-5,14H,7H2,1H3. The fraction of sp³-hybridized carbons (Fsp3) is 0.182. The predicted molar refractivity (Wildman–Crippen MR) is 57.5 cm³/mol. The summed E-state index contributed by atoms with van der Waals surface area (Å²) in [4.78, 5) is 3.94. The highest BCUT2D eigenvalue weighted by molar-refractivity contribution is 5.53. The summed E-state index contributed by atoms with van der Waals surface area (Å²) in [6.07, 6.45) is 1.59. The largest absolute Gasteiger partial charge is 0.375 e. The molecule has 0 aliphatic rings. The second kappa shape index (κ2) is 4.45. The van der Waals surface area contributed by atoms with Crippen molar-refractivity contribution in [2.75, 3.05) is 5.32 Å². The first-order valence-electron chi connectivity index (χ1n) is 4.81. The molecule has 2 aromatic heterocycles. The average molecular weight is 214 g/mol. The number of pyridine rings is 1. The van der Waals surface area contributed by atoms with E-state index in [4.69, 9.17) is 9.78 Å². The Morgan fingerprint density at radius 1 is 1.56 bits per heavy atom. The number of rotatable bonds is 3. The van der Waals surface area contributed by atoms with E-state index in [-0.39, 0.29) is 0 Å². The average Bonchev–Trinajstić information content (AvgIpc) is 2.73. The highest BCUT2D eigenvalue weighted by Crippen LogP contribution is 2.12. The summed E-state index contributed by atoms with van der Waals surface area (Å²) in [5.74, 6) is 0.727. The zero-order chi connectivity index (χ0) is 11.4. The topological polar surface area (TPSA) is 74.7 Å². The van der Waals surface area contributed by atoms with Gasteiger partial charge in [0, 0.05) is 12.3 Å². The van der Waals surface area contributed by atoms with Crippen molar-refractivity contribution in [3.05, 3.63) is 41.5 Å². The lowest BCUT2D eigenvalue weighted by Gasteiger charge is -2.04. The molecule has 0 amide bonds. The first-order chi connectivity index (χ1) is 7.79. The van der Waals surface area contributed by atoms with Gasteiger partial charge in [-0.3, -0.25) is 0 Å². The first kappa shape index (κ1) is 10.2. The van der Waals surface area contributed by atoms with Crippen molar-refractivity contribution < 1.29 is 4.52 Å². The minimum absolute atomic E-state index is 0.374. The Balaban J connectivity index is 2.08. The second-order valence-corrected chi connectivity index (χ2v) is 3.30. The van der Waals surface area contributed by atoms with Gasteiger partial charge in [0.2, 0.25) is 0 Å². The maximum absolute atomic E-state index is 8.83. The Bertz CT molecular complexity index is 527. The molecule has 0 unspecified atom stereocenters. The normalized spacial score (nSPS) is 9.75. The van der Waals surface area contributed by atoms with Gasteiger partial charge < -0.3 is 9.84 Å². The molecule has 16 heavy (non-hydrogen) atoms.